The fourth-order valence-corrected chi connectivity index (χ4v) is 1.57. The van der Waals surface area contributed by atoms with Crippen molar-refractivity contribution >= 4 is 11.6 Å². The van der Waals surface area contributed by atoms with Crippen molar-refractivity contribution in [3.8, 4) is 11.8 Å². The Morgan fingerprint density at radius 2 is 1.88 bits per heavy atom. The number of rotatable bonds is 1. The number of nitriles is 1. The maximum Gasteiger partial charge on any atom is 0.334 e. The molecule has 0 aliphatic carbocycles. The van der Waals surface area contributed by atoms with Crippen molar-refractivity contribution in [2.24, 2.45) is 0 Å². The maximum absolute atomic E-state index is 11.6. The van der Waals surface area contributed by atoms with Crippen LogP contribution in [0.3, 0.4) is 0 Å². The molecule has 6 heteroatoms. The van der Waals surface area contributed by atoms with E-state index < -0.39 is 11.2 Å². The Kier molecular flexibility index (Phi) is 2.81. The number of halogens is 1. The van der Waals surface area contributed by atoms with E-state index in [4.69, 9.17) is 16.9 Å². The minimum absolute atomic E-state index is 0.00936. The van der Waals surface area contributed by atoms with E-state index in [1.54, 1.807) is 0 Å². The monoisotopic (exact) mass is 247 g/mol. The zero-order valence-electron chi connectivity index (χ0n) is 8.48. The van der Waals surface area contributed by atoms with Crippen molar-refractivity contribution < 1.29 is 0 Å². The van der Waals surface area contributed by atoms with E-state index in [0.29, 0.717) is 11.3 Å². The normalized spacial score (nSPS) is 9.88. The predicted octanol–water partition coefficient (Wildman–Crippen LogP) is 1.05. The lowest BCUT2D eigenvalue weighted by Crippen LogP contribution is -2.32. The van der Waals surface area contributed by atoms with E-state index >= 15 is 0 Å². The lowest BCUT2D eigenvalue weighted by atomic mass is 10.2. The van der Waals surface area contributed by atoms with Gasteiger partial charge in [-0.05, 0) is 24.3 Å². The largest absolute Gasteiger partial charge is 0.334 e. The second-order valence-electron chi connectivity index (χ2n) is 3.25. The average Bonchev–Trinajstić information content (AvgIpc) is 2.28. The Hall–Kier alpha value is -2.32. The lowest BCUT2D eigenvalue weighted by Gasteiger charge is -2.03. The van der Waals surface area contributed by atoms with Gasteiger partial charge in [-0.2, -0.15) is 5.26 Å². The fraction of sp³-hybridized carbons (Fsp3) is 0. The molecule has 0 aliphatic heterocycles. The number of hydrogen-bond donors (Lipinski definition) is 1. The third-order valence-corrected chi connectivity index (χ3v) is 2.36. The van der Waals surface area contributed by atoms with Gasteiger partial charge in [0.25, 0.3) is 5.56 Å². The van der Waals surface area contributed by atoms with Gasteiger partial charge in [0, 0.05) is 6.07 Å². The first-order valence-electron chi connectivity index (χ1n) is 4.64. The Labute approximate surface area is 101 Å². The molecule has 0 bridgehead atoms. The molecule has 1 aromatic heterocycles. The van der Waals surface area contributed by atoms with Crippen LogP contribution in [0.15, 0.2) is 39.9 Å². The van der Waals surface area contributed by atoms with Crippen LogP contribution in [0.4, 0.5) is 0 Å². The zero-order chi connectivity index (χ0) is 12.4. The highest BCUT2D eigenvalue weighted by Crippen LogP contribution is 2.05. The highest BCUT2D eigenvalue weighted by molar-refractivity contribution is 6.29. The molecule has 0 spiro atoms. The number of H-pyrrole nitrogens is 1. The minimum Gasteiger partial charge on any atom is -0.297 e. The summed E-state index contributed by atoms with van der Waals surface area (Å²) in [6.45, 7) is 0. The van der Waals surface area contributed by atoms with Crippen molar-refractivity contribution in [3.63, 3.8) is 0 Å². The Morgan fingerprint density at radius 1 is 1.24 bits per heavy atom. The number of aromatic amines is 1. The smallest absolute Gasteiger partial charge is 0.297 e. The second kappa shape index (κ2) is 4.28. The molecule has 17 heavy (non-hydrogen) atoms. The van der Waals surface area contributed by atoms with Gasteiger partial charge in [0.05, 0.1) is 17.3 Å². The molecule has 1 aromatic carbocycles. The topological polar surface area (TPSA) is 78.7 Å². The van der Waals surface area contributed by atoms with Gasteiger partial charge in [-0.25, -0.2) is 9.36 Å². The molecule has 2 rings (SSSR count). The molecule has 0 unspecified atom stereocenters. The fourth-order valence-electron chi connectivity index (χ4n) is 1.40. The van der Waals surface area contributed by atoms with Crippen LogP contribution in [0.2, 0.25) is 5.15 Å². The molecule has 84 valence electrons. The van der Waals surface area contributed by atoms with Crippen molar-refractivity contribution in [2.75, 3.05) is 0 Å². The van der Waals surface area contributed by atoms with Gasteiger partial charge >= 0.3 is 5.69 Å². The minimum atomic E-state index is -0.618. The third kappa shape index (κ3) is 2.12. The Morgan fingerprint density at radius 3 is 2.41 bits per heavy atom. The molecule has 2 aromatic rings. The van der Waals surface area contributed by atoms with E-state index in [1.807, 2.05) is 6.07 Å². The van der Waals surface area contributed by atoms with Crippen LogP contribution in [-0.2, 0) is 0 Å². The van der Waals surface area contributed by atoms with Crippen LogP contribution in [0.1, 0.15) is 5.56 Å². The van der Waals surface area contributed by atoms with Gasteiger partial charge in [-0.3, -0.25) is 9.78 Å². The summed E-state index contributed by atoms with van der Waals surface area (Å²) >= 11 is 5.55. The van der Waals surface area contributed by atoms with Crippen LogP contribution >= 0.6 is 11.6 Å². The molecule has 0 saturated carbocycles. The number of benzene rings is 1. The molecule has 1 N–H and O–H groups in total. The SMILES string of the molecule is N#Cc1ccc(-n2c(=O)cc(Cl)[nH]c2=O)cc1. The van der Waals surface area contributed by atoms with Crippen LogP contribution in [-0.4, -0.2) is 9.55 Å². The average molecular weight is 248 g/mol. The molecule has 0 atom stereocenters. The summed E-state index contributed by atoms with van der Waals surface area (Å²) in [4.78, 5) is 25.5. The molecular weight excluding hydrogens is 242 g/mol. The molecular formula is C11H6ClN3O2. The molecule has 5 nitrogen and oxygen atoms in total. The summed E-state index contributed by atoms with van der Waals surface area (Å²) in [6.07, 6.45) is 0. The quantitative estimate of drug-likeness (QED) is 0.765. The molecule has 0 aliphatic rings. The van der Waals surface area contributed by atoms with E-state index in [-0.39, 0.29) is 5.15 Å². The van der Waals surface area contributed by atoms with E-state index in [1.165, 1.54) is 24.3 Å². The third-order valence-electron chi connectivity index (χ3n) is 2.15. The zero-order valence-corrected chi connectivity index (χ0v) is 9.23. The van der Waals surface area contributed by atoms with E-state index in [9.17, 15) is 9.59 Å². The maximum atomic E-state index is 11.6. The van der Waals surface area contributed by atoms with Crippen LogP contribution in [0.25, 0.3) is 5.69 Å². The Bertz CT molecular complexity index is 676. The van der Waals surface area contributed by atoms with Crippen LogP contribution < -0.4 is 11.2 Å². The van der Waals surface area contributed by atoms with Gasteiger partial charge < -0.3 is 0 Å². The first-order valence-corrected chi connectivity index (χ1v) is 5.02. The lowest BCUT2D eigenvalue weighted by molar-refractivity contribution is 0.876. The highest BCUT2D eigenvalue weighted by atomic mass is 35.5. The number of nitrogens with one attached hydrogen (secondary N) is 1. The second-order valence-corrected chi connectivity index (χ2v) is 3.66. The summed E-state index contributed by atoms with van der Waals surface area (Å²) in [5.74, 6) is 0. The summed E-state index contributed by atoms with van der Waals surface area (Å²) in [7, 11) is 0. The van der Waals surface area contributed by atoms with Gasteiger partial charge in [-0.1, -0.05) is 11.6 Å². The van der Waals surface area contributed by atoms with E-state index in [2.05, 4.69) is 4.98 Å². The van der Waals surface area contributed by atoms with Gasteiger partial charge in [-0.15, -0.1) is 0 Å². The van der Waals surface area contributed by atoms with Crippen molar-refractivity contribution in [1.29, 1.82) is 5.26 Å². The number of hydrogen-bond acceptors (Lipinski definition) is 3. The predicted molar refractivity (Wildman–Crippen MR) is 62.4 cm³/mol. The first kappa shape index (κ1) is 11.2. The van der Waals surface area contributed by atoms with Crippen LogP contribution in [0, 0.1) is 11.3 Å². The first-order chi connectivity index (χ1) is 8.11. The van der Waals surface area contributed by atoms with Crippen LogP contribution in [0.5, 0.6) is 0 Å². The molecule has 0 fully saturated rings. The molecule has 1 heterocycles. The summed E-state index contributed by atoms with van der Waals surface area (Å²) in [5.41, 5.74) is -0.310. The van der Waals surface area contributed by atoms with Gasteiger partial charge in [0.1, 0.15) is 5.15 Å². The standard InChI is InChI=1S/C11H6ClN3O2/c12-9-5-10(16)15(11(17)14-9)8-3-1-7(6-13)2-4-8/h1-5H,(H,14,17). The van der Waals surface area contributed by atoms with Crippen molar-refractivity contribution in [2.45, 2.75) is 0 Å². The van der Waals surface area contributed by atoms with Crippen molar-refractivity contribution in [3.05, 3.63) is 61.9 Å². The van der Waals surface area contributed by atoms with Gasteiger partial charge in [0.2, 0.25) is 0 Å². The summed E-state index contributed by atoms with van der Waals surface area (Å²) in [6, 6.07) is 9.14. The highest BCUT2D eigenvalue weighted by Gasteiger charge is 2.05. The Balaban J connectivity index is 2.66. The molecule has 0 amide bonds. The van der Waals surface area contributed by atoms with Crippen molar-refractivity contribution in [1.82, 2.24) is 9.55 Å². The summed E-state index contributed by atoms with van der Waals surface area (Å²) in [5, 5.41) is 8.63. The summed E-state index contributed by atoms with van der Waals surface area (Å²) < 4.78 is 0.938. The number of aromatic nitrogens is 2. The van der Waals surface area contributed by atoms with Gasteiger partial charge in [0.15, 0.2) is 0 Å². The molecule has 0 saturated heterocycles. The van der Waals surface area contributed by atoms with E-state index in [0.717, 1.165) is 10.6 Å². The number of nitrogens with zero attached hydrogens (tertiary/aromatic N) is 2. The molecule has 0 radical (unpaired) electrons.